The first-order valence-electron chi connectivity index (χ1n) is 20.3. The van der Waals surface area contributed by atoms with E-state index in [1.165, 1.54) is 96.3 Å². The second kappa shape index (κ2) is 34.3. The molecule has 47 heavy (non-hydrogen) atoms. The lowest BCUT2D eigenvalue weighted by Gasteiger charge is -2.18. The normalized spacial score (nSPS) is 13.2. The molecule has 0 radical (unpaired) electrons. The maximum atomic E-state index is 12.6. The molecule has 278 valence electrons. The molecule has 6 nitrogen and oxygen atoms in total. The van der Waals surface area contributed by atoms with Gasteiger partial charge in [0.1, 0.15) is 13.2 Å². The zero-order valence-corrected chi connectivity index (χ0v) is 31.9. The molecule has 6 heteroatoms. The Kier molecular flexibility index (Phi) is 33.1. The van der Waals surface area contributed by atoms with E-state index in [9.17, 15) is 14.4 Å². The maximum absolute atomic E-state index is 12.6. The minimum absolute atomic E-state index is 0.0674. The Balaban J connectivity index is 4.28. The summed E-state index contributed by atoms with van der Waals surface area (Å²) in [5, 5.41) is 0. The van der Waals surface area contributed by atoms with Gasteiger partial charge < -0.3 is 14.2 Å². The van der Waals surface area contributed by atoms with Crippen molar-refractivity contribution in [3.8, 4) is 0 Å². The molecule has 0 spiro atoms. The van der Waals surface area contributed by atoms with Crippen molar-refractivity contribution in [2.24, 2.45) is 11.8 Å². The summed E-state index contributed by atoms with van der Waals surface area (Å²) in [5.74, 6) is 0.812. The number of hydrogen-bond donors (Lipinski definition) is 0. The molecule has 0 aliphatic rings. The summed E-state index contributed by atoms with van der Waals surface area (Å²) >= 11 is 0. The first-order valence-corrected chi connectivity index (χ1v) is 20.3. The quantitative estimate of drug-likeness (QED) is 0.0380. The van der Waals surface area contributed by atoms with Crippen LogP contribution in [0.15, 0.2) is 0 Å². The summed E-state index contributed by atoms with van der Waals surface area (Å²) in [6.07, 6.45) is 29.6. The Labute approximate surface area is 291 Å². The van der Waals surface area contributed by atoms with Crippen LogP contribution < -0.4 is 0 Å². The minimum Gasteiger partial charge on any atom is -0.462 e. The Morgan fingerprint density at radius 2 is 0.745 bits per heavy atom. The molecule has 0 aromatic heterocycles. The van der Waals surface area contributed by atoms with Gasteiger partial charge in [0.05, 0.1) is 0 Å². The van der Waals surface area contributed by atoms with Gasteiger partial charge in [0.15, 0.2) is 6.10 Å². The molecule has 0 N–H and O–H groups in total. The van der Waals surface area contributed by atoms with E-state index < -0.39 is 6.10 Å². The highest BCUT2D eigenvalue weighted by Crippen LogP contribution is 2.17. The minimum atomic E-state index is -0.758. The predicted molar refractivity (Wildman–Crippen MR) is 196 cm³/mol. The van der Waals surface area contributed by atoms with Gasteiger partial charge in [-0.2, -0.15) is 0 Å². The van der Waals surface area contributed by atoms with Crippen molar-refractivity contribution in [1.29, 1.82) is 0 Å². The van der Waals surface area contributed by atoms with Crippen molar-refractivity contribution >= 4 is 17.9 Å². The molecule has 0 aromatic rings. The van der Waals surface area contributed by atoms with Gasteiger partial charge in [-0.1, -0.05) is 176 Å². The van der Waals surface area contributed by atoms with E-state index >= 15 is 0 Å². The lowest BCUT2D eigenvalue weighted by molar-refractivity contribution is -0.167. The van der Waals surface area contributed by atoms with Crippen LogP contribution in [0.2, 0.25) is 0 Å². The Morgan fingerprint density at radius 3 is 1.11 bits per heavy atom. The van der Waals surface area contributed by atoms with Gasteiger partial charge in [-0.3, -0.25) is 14.4 Å². The zero-order chi connectivity index (χ0) is 34.8. The Bertz CT molecular complexity index is 723. The molecule has 0 fully saturated rings. The molecule has 0 saturated heterocycles. The topological polar surface area (TPSA) is 78.9 Å². The molecule has 0 saturated carbocycles. The Hall–Kier alpha value is -1.59. The molecule has 0 heterocycles. The highest BCUT2D eigenvalue weighted by molar-refractivity contribution is 5.71. The van der Waals surface area contributed by atoms with Crippen molar-refractivity contribution in [1.82, 2.24) is 0 Å². The fraction of sp³-hybridized carbons (Fsp3) is 0.927. The van der Waals surface area contributed by atoms with Gasteiger partial charge in [0.2, 0.25) is 0 Å². The lowest BCUT2D eigenvalue weighted by atomic mass is 9.99. The third-order valence-corrected chi connectivity index (χ3v) is 9.69. The van der Waals surface area contributed by atoms with Crippen LogP contribution in [0.3, 0.4) is 0 Å². The van der Waals surface area contributed by atoms with Crippen LogP contribution in [-0.2, 0) is 28.6 Å². The molecule has 0 aliphatic carbocycles. The summed E-state index contributed by atoms with van der Waals surface area (Å²) in [7, 11) is 0. The summed E-state index contributed by atoms with van der Waals surface area (Å²) in [5.41, 5.74) is 0. The second-order valence-corrected chi connectivity index (χ2v) is 14.4. The van der Waals surface area contributed by atoms with Crippen molar-refractivity contribution < 1.29 is 28.6 Å². The van der Waals surface area contributed by atoms with Crippen molar-refractivity contribution in [3.63, 3.8) is 0 Å². The molecular weight excluding hydrogens is 588 g/mol. The number of carbonyl (C=O) groups excluding carboxylic acids is 3. The number of unbranched alkanes of at least 4 members (excludes halogenated alkanes) is 18. The summed E-state index contributed by atoms with van der Waals surface area (Å²) < 4.78 is 16.5. The van der Waals surface area contributed by atoms with E-state index in [1.807, 2.05) is 0 Å². The van der Waals surface area contributed by atoms with E-state index in [0.29, 0.717) is 19.3 Å². The fourth-order valence-corrected chi connectivity index (χ4v) is 5.80. The fourth-order valence-electron chi connectivity index (χ4n) is 5.80. The summed E-state index contributed by atoms with van der Waals surface area (Å²) in [4.78, 5) is 37.3. The third-order valence-electron chi connectivity index (χ3n) is 9.69. The van der Waals surface area contributed by atoms with Crippen molar-refractivity contribution in [2.45, 2.75) is 221 Å². The van der Waals surface area contributed by atoms with Gasteiger partial charge in [-0.15, -0.1) is 0 Å². The van der Waals surface area contributed by atoms with Gasteiger partial charge >= 0.3 is 17.9 Å². The van der Waals surface area contributed by atoms with Crippen molar-refractivity contribution in [3.05, 3.63) is 0 Å². The number of rotatable bonds is 35. The number of carbonyl (C=O) groups is 3. The zero-order valence-electron chi connectivity index (χ0n) is 31.9. The molecule has 0 aliphatic heterocycles. The van der Waals surface area contributed by atoms with Crippen LogP contribution in [0.4, 0.5) is 0 Å². The van der Waals surface area contributed by atoms with Gasteiger partial charge in [0, 0.05) is 19.3 Å². The highest BCUT2D eigenvalue weighted by atomic mass is 16.6. The average Bonchev–Trinajstić information content (AvgIpc) is 3.07. The van der Waals surface area contributed by atoms with Crippen LogP contribution in [0.25, 0.3) is 0 Å². The van der Waals surface area contributed by atoms with E-state index in [-0.39, 0.29) is 31.1 Å². The highest BCUT2D eigenvalue weighted by Gasteiger charge is 2.19. The summed E-state index contributed by atoms with van der Waals surface area (Å²) in [6.45, 7) is 11.2. The van der Waals surface area contributed by atoms with Crippen LogP contribution >= 0.6 is 0 Å². The SMILES string of the molecule is CCCCCCCC(=O)OC[C@H](COC(=O)CCCCCCCCCCC(C)CC)OC(=O)CCCCCCCCCCC(C)CC. The van der Waals surface area contributed by atoms with Gasteiger partial charge in [-0.05, 0) is 31.1 Å². The van der Waals surface area contributed by atoms with E-state index in [1.54, 1.807) is 0 Å². The lowest BCUT2D eigenvalue weighted by Crippen LogP contribution is -2.30. The molecule has 0 aromatic carbocycles. The van der Waals surface area contributed by atoms with Gasteiger partial charge in [-0.25, -0.2) is 0 Å². The first-order chi connectivity index (χ1) is 22.8. The molecule has 3 atom stereocenters. The average molecular weight is 667 g/mol. The van der Waals surface area contributed by atoms with Crippen LogP contribution in [-0.4, -0.2) is 37.2 Å². The molecule has 0 bridgehead atoms. The second-order valence-electron chi connectivity index (χ2n) is 14.4. The number of esters is 3. The summed E-state index contributed by atoms with van der Waals surface area (Å²) in [6, 6.07) is 0. The maximum Gasteiger partial charge on any atom is 0.306 e. The molecular formula is C41H78O6. The molecule has 2 unspecified atom stereocenters. The number of hydrogen-bond acceptors (Lipinski definition) is 6. The molecule has 0 rings (SSSR count). The van der Waals surface area contributed by atoms with E-state index in [2.05, 4.69) is 34.6 Å². The van der Waals surface area contributed by atoms with Crippen molar-refractivity contribution in [2.75, 3.05) is 13.2 Å². The Morgan fingerprint density at radius 1 is 0.426 bits per heavy atom. The van der Waals surface area contributed by atoms with E-state index in [0.717, 1.165) is 76.0 Å². The van der Waals surface area contributed by atoms with E-state index in [4.69, 9.17) is 14.2 Å². The first kappa shape index (κ1) is 45.4. The molecule has 0 amide bonds. The third kappa shape index (κ3) is 32.7. The van der Waals surface area contributed by atoms with Crippen LogP contribution in [0.1, 0.15) is 214 Å². The van der Waals surface area contributed by atoms with Crippen LogP contribution in [0, 0.1) is 11.8 Å². The largest absolute Gasteiger partial charge is 0.462 e. The monoisotopic (exact) mass is 667 g/mol. The van der Waals surface area contributed by atoms with Crippen LogP contribution in [0.5, 0.6) is 0 Å². The smallest absolute Gasteiger partial charge is 0.306 e. The standard InChI is InChI=1S/C41H78O6/c1-6-9-10-19-26-31-39(42)45-34-38(47-41(44)33-28-23-18-14-12-16-21-25-30-37(5)8-3)35-46-40(43)32-27-22-17-13-11-15-20-24-29-36(4)7-2/h36-38H,6-35H2,1-5H3/t36?,37?,38-/m1/s1. The van der Waals surface area contributed by atoms with Gasteiger partial charge in [0.25, 0.3) is 0 Å². The number of ether oxygens (including phenoxy) is 3. The predicted octanol–water partition coefficient (Wildman–Crippen LogP) is 12.2.